The van der Waals surface area contributed by atoms with E-state index in [1.165, 1.54) is 6.07 Å². The Morgan fingerprint density at radius 2 is 1.80 bits per heavy atom. The molecule has 1 amide bonds. The van der Waals surface area contributed by atoms with Gasteiger partial charge in [-0.2, -0.15) is 0 Å². The number of hydrogen-bond acceptors (Lipinski definition) is 4. The van der Waals surface area contributed by atoms with E-state index >= 15 is 0 Å². The number of anilines is 1. The standard InChI is InChI=1S/C18H20N2O4S/c1-12-3-4-13(18(21)19-14-5-6-14)11-17(12)25(22,23)20-15-7-9-16(24-2)10-8-15/h3-4,7-11,14,20H,5-6H2,1-2H3,(H,19,21). The number of ether oxygens (including phenoxy) is 1. The van der Waals surface area contributed by atoms with Gasteiger partial charge in [-0.3, -0.25) is 9.52 Å². The van der Waals surface area contributed by atoms with Crippen molar-refractivity contribution in [3.05, 3.63) is 53.6 Å². The number of hydrogen-bond donors (Lipinski definition) is 2. The van der Waals surface area contributed by atoms with E-state index in [2.05, 4.69) is 10.0 Å². The van der Waals surface area contributed by atoms with Gasteiger partial charge in [0.15, 0.2) is 0 Å². The highest BCUT2D eigenvalue weighted by atomic mass is 32.2. The predicted octanol–water partition coefficient (Wildman–Crippen LogP) is 2.70. The molecule has 0 saturated heterocycles. The molecule has 1 saturated carbocycles. The molecule has 0 unspecified atom stereocenters. The van der Waals surface area contributed by atoms with Gasteiger partial charge in [-0.1, -0.05) is 6.07 Å². The van der Waals surface area contributed by atoms with Crippen molar-refractivity contribution in [3.8, 4) is 5.75 Å². The molecule has 0 bridgehead atoms. The summed E-state index contributed by atoms with van der Waals surface area (Å²) in [6.45, 7) is 1.70. The fraction of sp³-hybridized carbons (Fsp3) is 0.278. The van der Waals surface area contributed by atoms with E-state index in [-0.39, 0.29) is 16.8 Å². The molecule has 1 fully saturated rings. The number of amides is 1. The average Bonchev–Trinajstić information content (AvgIpc) is 3.39. The predicted molar refractivity (Wildman–Crippen MR) is 95.5 cm³/mol. The molecule has 6 nitrogen and oxygen atoms in total. The number of benzene rings is 2. The highest BCUT2D eigenvalue weighted by molar-refractivity contribution is 7.92. The van der Waals surface area contributed by atoms with Crippen LogP contribution in [0.4, 0.5) is 5.69 Å². The third-order valence-electron chi connectivity index (χ3n) is 3.99. The summed E-state index contributed by atoms with van der Waals surface area (Å²) >= 11 is 0. The first-order valence-electron chi connectivity index (χ1n) is 7.97. The number of rotatable bonds is 6. The first kappa shape index (κ1) is 17.3. The SMILES string of the molecule is COc1ccc(NS(=O)(=O)c2cc(C(=O)NC3CC3)ccc2C)cc1. The molecule has 0 atom stereocenters. The van der Waals surface area contributed by atoms with E-state index in [0.29, 0.717) is 22.6 Å². The zero-order chi connectivity index (χ0) is 18.0. The molecule has 0 radical (unpaired) electrons. The zero-order valence-electron chi connectivity index (χ0n) is 14.1. The molecular weight excluding hydrogens is 340 g/mol. The molecule has 2 N–H and O–H groups in total. The van der Waals surface area contributed by atoms with Gasteiger partial charge in [0, 0.05) is 17.3 Å². The van der Waals surface area contributed by atoms with Crippen molar-refractivity contribution >= 4 is 21.6 Å². The minimum absolute atomic E-state index is 0.0896. The summed E-state index contributed by atoms with van der Waals surface area (Å²) in [6, 6.07) is 11.5. The summed E-state index contributed by atoms with van der Waals surface area (Å²) in [5, 5.41) is 2.86. The van der Waals surface area contributed by atoms with Gasteiger partial charge in [0.1, 0.15) is 5.75 Å². The van der Waals surface area contributed by atoms with Gasteiger partial charge in [-0.05, 0) is 61.7 Å². The average molecular weight is 360 g/mol. The Morgan fingerprint density at radius 3 is 2.40 bits per heavy atom. The molecule has 132 valence electrons. The van der Waals surface area contributed by atoms with Crippen LogP contribution in [0.2, 0.25) is 0 Å². The van der Waals surface area contributed by atoms with Crippen LogP contribution in [-0.2, 0) is 10.0 Å². The van der Waals surface area contributed by atoms with Crippen LogP contribution in [0.15, 0.2) is 47.4 Å². The maximum absolute atomic E-state index is 12.7. The second-order valence-corrected chi connectivity index (χ2v) is 7.71. The van der Waals surface area contributed by atoms with Gasteiger partial charge in [0.2, 0.25) is 0 Å². The first-order chi connectivity index (χ1) is 11.9. The van der Waals surface area contributed by atoms with Crippen LogP contribution in [0.25, 0.3) is 0 Å². The quantitative estimate of drug-likeness (QED) is 0.829. The summed E-state index contributed by atoms with van der Waals surface area (Å²) < 4.78 is 33.0. The van der Waals surface area contributed by atoms with E-state index < -0.39 is 10.0 Å². The summed E-state index contributed by atoms with van der Waals surface area (Å²) in [7, 11) is -2.26. The van der Waals surface area contributed by atoms with Crippen molar-refractivity contribution in [2.75, 3.05) is 11.8 Å². The van der Waals surface area contributed by atoms with Gasteiger partial charge < -0.3 is 10.1 Å². The zero-order valence-corrected chi connectivity index (χ0v) is 14.9. The lowest BCUT2D eigenvalue weighted by Crippen LogP contribution is -2.26. The molecule has 1 aliphatic carbocycles. The van der Waals surface area contributed by atoms with E-state index in [4.69, 9.17) is 4.74 Å². The molecule has 0 aromatic heterocycles. The number of nitrogens with one attached hydrogen (secondary N) is 2. The van der Waals surface area contributed by atoms with Crippen molar-refractivity contribution in [1.29, 1.82) is 0 Å². The highest BCUT2D eigenvalue weighted by Gasteiger charge is 2.25. The smallest absolute Gasteiger partial charge is 0.262 e. The van der Waals surface area contributed by atoms with E-state index in [1.54, 1.807) is 50.4 Å². The van der Waals surface area contributed by atoms with Crippen LogP contribution in [0, 0.1) is 6.92 Å². The lowest BCUT2D eigenvalue weighted by atomic mass is 10.1. The number of methoxy groups -OCH3 is 1. The van der Waals surface area contributed by atoms with Crippen molar-refractivity contribution in [3.63, 3.8) is 0 Å². The third kappa shape index (κ3) is 4.11. The highest BCUT2D eigenvalue weighted by Crippen LogP contribution is 2.24. The van der Waals surface area contributed by atoms with Crippen LogP contribution in [0.5, 0.6) is 5.75 Å². The normalized spacial score (nSPS) is 14.0. The fourth-order valence-corrected chi connectivity index (χ4v) is 3.73. The van der Waals surface area contributed by atoms with Gasteiger partial charge in [0.05, 0.1) is 12.0 Å². The minimum Gasteiger partial charge on any atom is -0.497 e. The van der Waals surface area contributed by atoms with Gasteiger partial charge in [-0.25, -0.2) is 8.42 Å². The van der Waals surface area contributed by atoms with Crippen molar-refractivity contribution in [2.24, 2.45) is 0 Å². The topological polar surface area (TPSA) is 84.5 Å². The Kier molecular flexibility index (Phi) is 4.67. The molecule has 0 spiro atoms. The Balaban J connectivity index is 1.85. The molecule has 2 aromatic carbocycles. The Labute approximate surface area is 147 Å². The molecule has 0 heterocycles. The maximum Gasteiger partial charge on any atom is 0.262 e. The summed E-state index contributed by atoms with van der Waals surface area (Å²) in [4.78, 5) is 12.3. The summed E-state index contributed by atoms with van der Waals surface area (Å²) in [5.74, 6) is 0.390. The summed E-state index contributed by atoms with van der Waals surface area (Å²) in [6.07, 6.45) is 1.95. The first-order valence-corrected chi connectivity index (χ1v) is 9.46. The number of carbonyl (C=O) groups is 1. The molecule has 2 aromatic rings. The second kappa shape index (κ2) is 6.76. The molecule has 1 aliphatic rings. The number of sulfonamides is 1. The van der Waals surface area contributed by atoms with Crippen LogP contribution >= 0.6 is 0 Å². The monoisotopic (exact) mass is 360 g/mol. The Hall–Kier alpha value is -2.54. The largest absolute Gasteiger partial charge is 0.497 e. The molecule has 0 aliphatic heterocycles. The summed E-state index contributed by atoms with van der Waals surface area (Å²) in [5.41, 5.74) is 1.34. The minimum atomic E-state index is -3.80. The van der Waals surface area contributed by atoms with Crippen LogP contribution < -0.4 is 14.8 Å². The molecule has 3 rings (SSSR count). The van der Waals surface area contributed by atoms with E-state index in [9.17, 15) is 13.2 Å². The molecule has 7 heteroatoms. The van der Waals surface area contributed by atoms with E-state index in [0.717, 1.165) is 12.8 Å². The number of aryl methyl sites for hydroxylation is 1. The Bertz CT molecular complexity index is 888. The van der Waals surface area contributed by atoms with Crippen LogP contribution in [0.3, 0.4) is 0 Å². The second-order valence-electron chi connectivity index (χ2n) is 6.06. The van der Waals surface area contributed by atoms with E-state index in [1.807, 2.05) is 0 Å². The third-order valence-corrected chi connectivity index (χ3v) is 5.52. The maximum atomic E-state index is 12.7. The van der Waals surface area contributed by atoms with Gasteiger partial charge in [-0.15, -0.1) is 0 Å². The number of carbonyl (C=O) groups excluding carboxylic acids is 1. The lowest BCUT2D eigenvalue weighted by Gasteiger charge is -2.12. The van der Waals surface area contributed by atoms with Gasteiger partial charge in [0.25, 0.3) is 15.9 Å². The lowest BCUT2D eigenvalue weighted by molar-refractivity contribution is 0.0951. The van der Waals surface area contributed by atoms with Gasteiger partial charge >= 0.3 is 0 Å². The van der Waals surface area contributed by atoms with Crippen molar-refractivity contribution < 1.29 is 17.9 Å². The van der Waals surface area contributed by atoms with Crippen molar-refractivity contribution in [1.82, 2.24) is 5.32 Å². The molecule has 25 heavy (non-hydrogen) atoms. The fourth-order valence-electron chi connectivity index (χ4n) is 2.40. The van der Waals surface area contributed by atoms with Crippen LogP contribution in [-0.4, -0.2) is 27.5 Å². The Morgan fingerprint density at radius 1 is 1.12 bits per heavy atom. The molecular formula is C18H20N2O4S. The van der Waals surface area contributed by atoms with Crippen LogP contribution in [0.1, 0.15) is 28.8 Å². The van der Waals surface area contributed by atoms with Crippen molar-refractivity contribution in [2.45, 2.75) is 30.7 Å².